The van der Waals surface area contributed by atoms with E-state index in [1.807, 2.05) is 13.1 Å². The highest BCUT2D eigenvalue weighted by atomic mass is 19.1. The third-order valence-electron chi connectivity index (χ3n) is 5.14. The summed E-state index contributed by atoms with van der Waals surface area (Å²) < 4.78 is 15.5. The Kier molecular flexibility index (Phi) is 7.58. The molecule has 1 saturated carbocycles. The Balaban J connectivity index is 2.39. The highest BCUT2D eigenvalue weighted by Gasteiger charge is 2.25. The summed E-state index contributed by atoms with van der Waals surface area (Å²) in [6.07, 6.45) is 8.42. The van der Waals surface area contributed by atoms with E-state index in [-0.39, 0.29) is 5.82 Å². The molecule has 0 saturated heterocycles. The number of benzene rings is 1. The minimum Gasteiger partial charge on any atom is -0.401 e. The summed E-state index contributed by atoms with van der Waals surface area (Å²) in [6, 6.07) is 3.95. The van der Waals surface area contributed by atoms with Gasteiger partial charge < -0.3 is 11.1 Å². The molecule has 1 unspecified atom stereocenters. The molecule has 26 heavy (non-hydrogen) atoms. The Labute approximate surface area is 157 Å². The van der Waals surface area contributed by atoms with Crippen LogP contribution in [-0.4, -0.2) is 19.3 Å². The van der Waals surface area contributed by atoms with Gasteiger partial charge in [0.05, 0.1) is 5.71 Å². The van der Waals surface area contributed by atoms with Gasteiger partial charge in [0.2, 0.25) is 0 Å². The van der Waals surface area contributed by atoms with Gasteiger partial charge >= 0.3 is 0 Å². The van der Waals surface area contributed by atoms with Crippen LogP contribution in [0.25, 0.3) is 0 Å². The highest BCUT2D eigenvalue weighted by Crippen LogP contribution is 2.39. The zero-order chi connectivity index (χ0) is 19.1. The van der Waals surface area contributed by atoms with Gasteiger partial charge in [0.15, 0.2) is 0 Å². The molecule has 1 aliphatic rings. The van der Waals surface area contributed by atoms with Crippen LogP contribution in [0.4, 0.5) is 4.39 Å². The number of hydrogen-bond donors (Lipinski definition) is 2. The molecule has 0 aliphatic heterocycles. The van der Waals surface area contributed by atoms with Crippen molar-refractivity contribution in [1.82, 2.24) is 5.32 Å². The molecule has 142 valence electrons. The smallest absolute Gasteiger partial charge is 0.136 e. The second kappa shape index (κ2) is 9.67. The van der Waals surface area contributed by atoms with Crippen LogP contribution in [-0.2, 0) is 6.42 Å². The molecular weight excluding hydrogens is 325 g/mol. The van der Waals surface area contributed by atoms with E-state index in [0.717, 1.165) is 37.8 Å². The molecule has 1 aromatic rings. The molecular formula is C22H32FN3. The highest BCUT2D eigenvalue weighted by molar-refractivity contribution is 6.09. The largest absolute Gasteiger partial charge is 0.401 e. The fourth-order valence-electron chi connectivity index (χ4n) is 3.43. The first-order valence-corrected chi connectivity index (χ1v) is 9.56. The average molecular weight is 358 g/mol. The van der Waals surface area contributed by atoms with Crippen molar-refractivity contribution in [3.8, 4) is 0 Å². The molecule has 0 aromatic heterocycles. The summed E-state index contributed by atoms with van der Waals surface area (Å²) in [6.45, 7) is 8.70. The maximum absolute atomic E-state index is 15.5. The van der Waals surface area contributed by atoms with Crippen molar-refractivity contribution in [2.24, 2.45) is 16.6 Å². The molecule has 1 aliphatic carbocycles. The number of aliphatic imine (C=N–C) groups is 1. The lowest BCUT2D eigenvalue weighted by Gasteiger charge is -2.29. The molecule has 1 fully saturated rings. The Bertz CT molecular complexity index is 683. The molecule has 3 nitrogen and oxygen atoms in total. The SMILES string of the molecule is C=CC(=N/C=C(\C)N)c1ccc(C2CCC2)c(CCC(C)CNC)c1F. The number of hydrogen-bond acceptors (Lipinski definition) is 3. The van der Waals surface area contributed by atoms with E-state index >= 15 is 4.39 Å². The Morgan fingerprint density at radius 3 is 2.73 bits per heavy atom. The van der Waals surface area contributed by atoms with Crippen LogP contribution >= 0.6 is 0 Å². The van der Waals surface area contributed by atoms with Gasteiger partial charge in [-0.15, -0.1) is 0 Å². The average Bonchev–Trinajstić information content (AvgIpc) is 2.55. The van der Waals surface area contributed by atoms with Gasteiger partial charge in [-0.25, -0.2) is 4.39 Å². The van der Waals surface area contributed by atoms with E-state index in [1.165, 1.54) is 12.0 Å². The number of nitrogens with zero attached hydrogens (tertiary/aromatic N) is 1. The van der Waals surface area contributed by atoms with Crippen molar-refractivity contribution in [2.75, 3.05) is 13.6 Å². The summed E-state index contributed by atoms with van der Waals surface area (Å²) in [5, 5.41) is 3.20. The molecule has 0 heterocycles. The van der Waals surface area contributed by atoms with Gasteiger partial charge in [-0.3, -0.25) is 4.99 Å². The number of nitrogens with two attached hydrogens (primary N) is 1. The van der Waals surface area contributed by atoms with E-state index in [0.29, 0.717) is 28.8 Å². The van der Waals surface area contributed by atoms with Crippen molar-refractivity contribution < 1.29 is 4.39 Å². The van der Waals surface area contributed by atoms with Crippen molar-refractivity contribution in [2.45, 2.75) is 51.9 Å². The number of halogens is 1. The second-order valence-electron chi connectivity index (χ2n) is 7.42. The summed E-state index contributed by atoms with van der Waals surface area (Å²) >= 11 is 0. The fraction of sp³-hybridized carbons (Fsp3) is 0.500. The van der Waals surface area contributed by atoms with Gasteiger partial charge in [0.1, 0.15) is 5.82 Å². The van der Waals surface area contributed by atoms with Gasteiger partial charge in [-0.05, 0) is 81.3 Å². The lowest BCUT2D eigenvalue weighted by Crippen LogP contribution is -2.18. The van der Waals surface area contributed by atoms with Crippen LogP contribution < -0.4 is 11.1 Å². The van der Waals surface area contributed by atoms with Crippen LogP contribution in [0.15, 0.2) is 41.7 Å². The molecule has 0 spiro atoms. The predicted octanol–water partition coefficient (Wildman–Crippen LogP) is 4.68. The second-order valence-corrected chi connectivity index (χ2v) is 7.42. The quantitative estimate of drug-likeness (QED) is 0.631. The fourth-order valence-corrected chi connectivity index (χ4v) is 3.43. The normalized spacial score (nSPS) is 17.1. The zero-order valence-corrected chi connectivity index (χ0v) is 16.3. The van der Waals surface area contributed by atoms with Crippen molar-refractivity contribution in [3.05, 3.63) is 59.2 Å². The van der Waals surface area contributed by atoms with Crippen LogP contribution in [0.1, 0.15) is 62.1 Å². The topological polar surface area (TPSA) is 50.4 Å². The lowest BCUT2D eigenvalue weighted by molar-refractivity contribution is 0.411. The lowest BCUT2D eigenvalue weighted by atomic mass is 9.76. The van der Waals surface area contributed by atoms with Crippen molar-refractivity contribution in [3.63, 3.8) is 0 Å². The van der Waals surface area contributed by atoms with E-state index in [4.69, 9.17) is 5.73 Å². The maximum atomic E-state index is 15.5. The van der Waals surface area contributed by atoms with Crippen LogP contribution in [0.5, 0.6) is 0 Å². The van der Waals surface area contributed by atoms with E-state index in [9.17, 15) is 0 Å². The molecule has 0 radical (unpaired) electrons. The van der Waals surface area contributed by atoms with Crippen molar-refractivity contribution >= 4 is 5.71 Å². The minimum atomic E-state index is -0.146. The molecule has 1 atom stereocenters. The zero-order valence-electron chi connectivity index (χ0n) is 16.3. The third-order valence-corrected chi connectivity index (χ3v) is 5.14. The predicted molar refractivity (Wildman–Crippen MR) is 109 cm³/mol. The first-order valence-electron chi connectivity index (χ1n) is 9.56. The third kappa shape index (κ3) is 5.04. The number of allylic oxidation sites excluding steroid dienone is 2. The summed E-state index contributed by atoms with van der Waals surface area (Å²) in [4.78, 5) is 4.31. The molecule has 4 heteroatoms. The van der Waals surface area contributed by atoms with E-state index in [2.05, 4.69) is 29.9 Å². The van der Waals surface area contributed by atoms with E-state index in [1.54, 1.807) is 19.2 Å². The first-order chi connectivity index (χ1) is 12.5. The molecule has 3 N–H and O–H groups in total. The van der Waals surface area contributed by atoms with Crippen molar-refractivity contribution in [1.29, 1.82) is 0 Å². The summed E-state index contributed by atoms with van der Waals surface area (Å²) in [5.74, 6) is 0.865. The Morgan fingerprint density at radius 1 is 1.46 bits per heavy atom. The summed E-state index contributed by atoms with van der Waals surface area (Å²) in [5.41, 5.74) is 9.32. The Hall–Kier alpha value is -1.94. The van der Waals surface area contributed by atoms with Crippen LogP contribution in [0, 0.1) is 11.7 Å². The van der Waals surface area contributed by atoms with Gasteiger partial charge in [0, 0.05) is 17.5 Å². The first kappa shape index (κ1) is 20.4. The van der Waals surface area contributed by atoms with Crippen LogP contribution in [0.3, 0.4) is 0 Å². The molecule has 0 bridgehead atoms. The van der Waals surface area contributed by atoms with Gasteiger partial charge in [-0.1, -0.05) is 26.0 Å². The molecule has 0 amide bonds. The maximum Gasteiger partial charge on any atom is 0.136 e. The summed E-state index contributed by atoms with van der Waals surface area (Å²) in [7, 11) is 1.96. The molecule has 1 aromatic carbocycles. The van der Waals surface area contributed by atoms with E-state index < -0.39 is 0 Å². The number of rotatable bonds is 9. The monoisotopic (exact) mass is 357 g/mol. The minimum absolute atomic E-state index is 0.146. The van der Waals surface area contributed by atoms with Gasteiger partial charge in [0.25, 0.3) is 0 Å². The standard InChI is InChI=1S/C22H32FN3/c1-5-21(26-14-16(3)24)20-12-11-18(17-7-6-8-17)19(22(20)23)10-9-15(2)13-25-4/h5,11-12,14-15,17,25H,1,6-10,13,24H2,2-4H3/b16-14+,26-21?. The Morgan fingerprint density at radius 2 is 2.19 bits per heavy atom. The van der Waals surface area contributed by atoms with Crippen LogP contribution in [0.2, 0.25) is 0 Å². The van der Waals surface area contributed by atoms with Gasteiger partial charge in [-0.2, -0.15) is 0 Å². The number of nitrogens with one attached hydrogen (secondary N) is 1. The molecule has 2 rings (SSSR count).